The van der Waals surface area contributed by atoms with Gasteiger partial charge in [-0.3, -0.25) is 4.72 Å². The molecule has 11 heteroatoms. The molecule has 4 bridgehead atoms. The van der Waals surface area contributed by atoms with E-state index >= 15 is 4.39 Å². The van der Waals surface area contributed by atoms with Crippen molar-refractivity contribution in [3.8, 4) is 28.7 Å². The first kappa shape index (κ1) is 23.5. The van der Waals surface area contributed by atoms with E-state index in [1.807, 2.05) is 6.07 Å². The van der Waals surface area contributed by atoms with E-state index in [0.717, 1.165) is 12.1 Å². The number of nitrogens with one attached hydrogen (secondary N) is 1. The third-order valence-corrected chi connectivity index (χ3v) is 7.12. The Morgan fingerprint density at radius 2 is 1.88 bits per heavy atom. The molecule has 8 nitrogen and oxygen atoms in total. The molecule has 1 aliphatic rings. The fourth-order valence-corrected chi connectivity index (χ4v) is 5.57. The number of esters is 1. The van der Waals surface area contributed by atoms with Crippen LogP contribution in [0.3, 0.4) is 0 Å². The molecule has 0 spiro atoms. The Kier molecular flexibility index (Phi) is 6.20. The van der Waals surface area contributed by atoms with E-state index in [0.29, 0.717) is 5.56 Å². The summed E-state index contributed by atoms with van der Waals surface area (Å²) in [6.45, 7) is -0.250. The van der Waals surface area contributed by atoms with Crippen molar-refractivity contribution >= 4 is 37.6 Å². The molecular formula is C23H16BrFN2O6S. The molecule has 1 N–H and O–H groups in total. The van der Waals surface area contributed by atoms with Crippen LogP contribution < -0.4 is 14.2 Å². The summed E-state index contributed by atoms with van der Waals surface area (Å²) in [6, 6.07) is 11.3. The number of fused-ring (bicyclic) bond motifs is 6. The average Bonchev–Trinajstić information content (AvgIpc) is 2.82. The summed E-state index contributed by atoms with van der Waals surface area (Å²) in [6.07, 6.45) is 0. The molecule has 0 fully saturated rings. The predicted molar refractivity (Wildman–Crippen MR) is 124 cm³/mol. The molecule has 0 aliphatic carbocycles. The predicted octanol–water partition coefficient (Wildman–Crippen LogP) is 4.62. The fourth-order valence-electron chi connectivity index (χ4n) is 3.54. The van der Waals surface area contributed by atoms with Crippen LogP contribution in [0, 0.1) is 17.1 Å². The highest BCUT2D eigenvalue weighted by atomic mass is 79.9. The second kappa shape index (κ2) is 8.96. The molecular weight excluding hydrogens is 531 g/mol. The molecule has 0 radical (unpaired) electrons. The van der Waals surface area contributed by atoms with Gasteiger partial charge in [-0.25, -0.2) is 17.6 Å². The van der Waals surface area contributed by atoms with E-state index in [2.05, 4.69) is 20.7 Å². The van der Waals surface area contributed by atoms with Gasteiger partial charge in [0.1, 0.15) is 23.1 Å². The van der Waals surface area contributed by atoms with E-state index in [-0.39, 0.29) is 55.4 Å². The third kappa shape index (κ3) is 4.18. The number of ether oxygens (including phenoxy) is 3. The Balaban J connectivity index is 2.05. The normalized spacial score (nSPS) is 14.1. The Morgan fingerprint density at radius 3 is 2.56 bits per heavy atom. The molecule has 3 aromatic carbocycles. The van der Waals surface area contributed by atoms with E-state index < -0.39 is 21.8 Å². The van der Waals surface area contributed by atoms with Gasteiger partial charge >= 0.3 is 5.97 Å². The lowest BCUT2D eigenvalue weighted by atomic mass is 9.96. The summed E-state index contributed by atoms with van der Waals surface area (Å²) in [7, 11) is -1.80. The van der Waals surface area contributed by atoms with Gasteiger partial charge in [-0.1, -0.05) is 6.07 Å². The molecule has 0 saturated heterocycles. The van der Waals surface area contributed by atoms with Crippen molar-refractivity contribution in [2.45, 2.75) is 11.5 Å². The second-order valence-electron chi connectivity index (χ2n) is 7.19. The number of sulfonamides is 1. The minimum atomic E-state index is -4.35. The van der Waals surface area contributed by atoms with Crippen LogP contribution in [-0.2, 0) is 21.4 Å². The van der Waals surface area contributed by atoms with E-state index in [4.69, 9.17) is 14.2 Å². The Labute approximate surface area is 203 Å². The van der Waals surface area contributed by atoms with Crippen LogP contribution in [-0.4, -0.2) is 28.6 Å². The summed E-state index contributed by atoms with van der Waals surface area (Å²) in [4.78, 5) is 12.4. The maximum absolute atomic E-state index is 15.1. The van der Waals surface area contributed by atoms with Crippen molar-refractivity contribution in [1.82, 2.24) is 0 Å². The Hall–Kier alpha value is -3.62. The van der Waals surface area contributed by atoms with Gasteiger partial charge in [-0.2, -0.15) is 5.26 Å². The standard InChI is InChI=1S/C23H16BrFN2O6S/c1-31-20-9-18(25)16-8-19(20)27-34(29,30)21-7-14(6-17(24)22(21)32-2)23(28)33-11-13-4-3-12(10-26)5-15(13)16/h3-9,27H,11H2,1-2H3. The Morgan fingerprint density at radius 1 is 1.12 bits per heavy atom. The number of nitrogens with zero attached hydrogens (tertiary/aromatic N) is 1. The number of halogens is 2. The number of anilines is 1. The number of hydrogen-bond donors (Lipinski definition) is 1. The second-order valence-corrected chi connectivity index (χ2v) is 9.69. The number of nitriles is 1. The quantitative estimate of drug-likeness (QED) is 0.466. The zero-order valence-electron chi connectivity index (χ0n) is 17.8. The van der Waals surface area contributed by atoms with E-state index in [1.54, 1.807) is 6.07 Å². The minimum absolute atomic E-state index is 0.0132. The molecule has 3 aromatic rings. The lowest BCUT2D eigenvalue weighted by Gasteiger charge is -2.17. The van der Waals surface area contributed by atoms with Crippen LogP contribution in [0.5, 0.6) is 11.5 Å². The van der Waals surface area contributed by atoms with Crippen LogP contribution in [0.4, 0.5) is 10.1 Å². The number of carbonyl (C=O) groups is 1. The van der Waals surface area contributed by atoms with Crippen LogP contribution in [0.2, 0.25) is 0 Å². The highest BCUT2D eigenvalue weighted by molar-refractivity contribution is 9.10. The summed E-state index contributed by atoms with van der Waals surface area (Å²) in [5.74, 6) is -1.64. The number of cyclic esters (lactones) is 1. The summed E-state index contributed by atoms with van der Waals surface area (Å²) in [5, 5.41) is 9.32. The molecule has 0 aromatic heterocycles. The first-order chi connectivity index (χ1) is 16.2. The lowest BCUT2D eigenvalue weighted by molar-refractivity contribution is 0.0473. The van der Waals surface area contributed by atoms with Gasteiger partial charge < -0.3 is 14.2 Å². The van der Waals surface area contributed by atoms with E-state index in [9.17, 15) is 18.5 Å². The number of carbonyl (C=O) groups excluding carboxylic acids is 1. The van der Waals surface area contributed by atoms with Gasteiger partial charge in [0.2, 0.25) is 0 Å². The first-order valence-corrected chi connectivity index (χ1v) is 11.9. The zero-order valence-corrected chi connectivity index (χ0v) is 20.2. The maximum Gasteiger partial charge on any atom is 0.338 e. The SMILES string of the molecule is COc1cc(F)c2cc1NS(=O)(=O)c1cc(cc(Br)c1OC)C(=O)OCc1ccc(C#N)cc1-2. The highest BCUT2D eigenvalue weighted by Crippen LogP contribution is 2.39. The van der Waals surface area contributed by atoms with Crippen molar-refractivity contribution in [3.63, 3.8) is 0 Å². The van der Waals surface area contributed by atoms with Crippen LogP contribution in [0.1, 0.15) is 21.5 Å². The molecule has 174 valence electrons. The van der Waals surface area contributed by atoms with Crippen LogP contribution >= 0.6 is 15.9 Å². The zero-order chi connectivity index (χ0) is 24.6. The van der Waals surface area contributed by atoms with Gasteiger partial charge in [0, 0.05) is 11.6 Å². The summed E-state index contributed by atoms with van der Waals surface area (Å²) < 4.78 is 60.3. The number of benzene rings is 3. The molecule has 4 rings (SSSR count). The van der Waals surface area contributed by atoms with Gasteiger partial charge in [0.25, 0.3) is 10.0 Å². The van der Waals surface area contributed by atoms with Crippen molar-refractivity contribution in [3.05, 3.63) is 69.4 Å². The first-order valence-electron chi connectivity index (χ1n) is 9.67. The van der Waals surface area contributed by atoms with Gasteiger partial charge in [0.15, 0.2) is 5.75 Å². The Bertz CT molecular complexity index is 1480. The molecule has 1 heterocycles. The van der Waals surface area contributed by atoms with Crippen LogP contribution in [0.15, 0.2) is 51.8 Å². The number of methoxy groups -OCH3 is 2. The lowest BCUT2D eigenvalue weighted by Crippen LogP contribution is -2.16. The molecule has 0 unspecified atom stereocenters. The van der Waals surface area contributed by atoms with Crippen LogP contribution in [0.25, 0.3) is 11.1 Å². The fraction of sp³-hybridized carbons (Fsp3) is 0.130. The highest BCUT2D eigenvalue weighted by Gasteiger charge is 2.28. The molecule has 0 amide bonds. The van der Waals surface area contributed by atoms with Crippen molar-refractivity contribution < 1.29 is 31.8 Å². The van der Waals surface area contributed by atoms with Gasteiger partial charge in [0.05, 0.1) is 41.6 Å². The van der Waals surface area contributed by atoms with E-state index in [1.165, 1.54) is 38.5 Å². The largest absolute Gasteiger partial charge is 0.494 e. The maximum atomic E-state index is 15.1. The summed E-state index contributed by atoms with van der Waals surface area (Å²) in [5.41, 5.74) is 0.803. The van der Waals surface area contributed by atoms with Crippen molar-refractivity contribution in [2.75, 3.05) is 18.9 Å². The topological polar surface area (TPSA) is 115 Å². The summed E-state index contributed by atoms with van der Waals surface area (Å²) >= 11 is 3.23. The molecule has 0 saturated carbocycles. The molecule has 1 aliphatic heterocycles. The van der Waals surface area contributed by atoms with Gasteiger partial charge in [-0.05, 0) is 57.4 Å². The average molecular weight is 547 g/mol. The monoisotopic (exact) mass is 546 g/mol. The van der Waals surface area contributed by atoms with Gasteiger partial charge in [-0.15, -0.1) is 0 Å². The number of hydrogen-bond acceptors (Lipinski definition) is 7. The van der Waals surface area contributed by atoms with Crippen molar-refractivity contribution in [1.29, 1.82) is 5.26 Å². The smallest absolute Gasteiger partial charge is 0.338 e. The minimum Gasteiger partial charge on any atom is -0.494 e. The third-order valence-electron chi connectivity index (χ3n) is 5.16. The molecule has 34 heavy (non-hydrogen) atoms. The molecule has 0 atom stereocenters. The number of rotatable bonds is 2. The van der Waals surface area contributed by atoms with Crippen molar-refractivity contribution in [2.24, 2.45) is 0 Å².